The zero-order chi connectivity index (χ0) is 36.8. The Balaban J connectivity index is 0.000000644. The van der Waals surface area contributed by atoms with Crippen LogP contribution in [0.1, 0.15) is 105 Å². The van der Waals surface area contributed by atoms with Gasteiger partial charge < -0.3 is 19.4 Å². The van der Waals surface area contributed by atoms with Crippen LogP contribution in [-0.2, 0) is 30.3 Å². The van der Waals surface area contributed by atoms with Crippen molar-refractivity contribution in [3.63, 3.8) is 0 Å². The van der Waals surface area contributed by atoms with Gasteiger partial charge in [0, 0.05) is 42.0 Å². The molecular formula is C39H56BrFN2O6. The fraction of sp³-hybridized carbons (Fsp3) is 0.641. The molecule has 0 amide bonds. The second kappa shape index (κ2) is 16.4. The summed E-state index contributed by atoms with van der Waals surface area (Å²) in [5.41, 5.74) is -0.171. The van der Waals surface area contributed by atoms with E-state index in [9.17, 15) is 14.7 Å². The van der Waals surface area contributed by atoms with Crippen LogP contribution in [-0.4, -0.2) is 58.6 Å². The van der Waals surface area contributed by atoms with Crippen molar-refractivity contribution in [2.24, 2.45) is 34.0 Å². The summed E-state index contributed by atoms with van der Waals surface area (Å²) in [5.74, 6) is -0.225. The second-order valence-corrected chi connectivity index (χ2v) is 15.8. The number of esters is 2. The molecule has 8 nitrogen and oxygen atoms in total. The summed E-state index contributed by atoms with van der Waals surface area (Å²) in [6, 6.07) is 0. The minimum atomic E-state index is -1.73. The van der Waals surface area contributed by atoms with E-state index in [0.717, 1.165) is 40.4 Å². The van der Waals surface area contributed by atoms with Gasteiger partial charge in [-0.3, -0.25) is 9.59 Å². The number of ether oxygens (including phenoxy) is 2. The molecule has 8 atom stereocenters. The topological polar surface area (TPSA) is 108 Å². The Morgan fingerprint density at radius 3 is 2.37 bits per heavy atom. The zero-order valence-electron chi connectivity index (χ0n) is 30.7. The molecular weight excluding hydrogens is 691 g/mol. The minimum absolute atomic E-state index is 0.121. The molecule has 1 aromatic rings. The highest BCUT2D eigenvalue weighted by Crippen LogP contribution is 2.73. The molecule has 10 heteroatoms. The third kappa shape index (κ3) is 7.75. The first-order valence-corrected chi connectivity index (χ1v) is 18.3. The molecule has 0 saturated heterocycles. The van der Waals surface area contributed by atoms with E-state index in [1.165, 1.54) is 14.0 Å². The summed E-state index contributed by atoms with van der Waals surface area (Å²) in [6.45, 7) is 16.0. The number of fused-ring (bicyclic) bond motifs is 6. The van der Waals surface area contributed by atoms with Crippen molar-refractivity contribution in [2.45, 2.75) is 112 Å². The predicted molar refractivity (Wildman–Crippen MR) is 195 cm³/mol. The zero-order valence-corrected chi connectivity index (χ0v) is 32.3. The van der Waals surface area contributed by atoms with Gasteiger partial charge in [-0.15, -0.1) is 0 Å². The first-order valence-electron chi connectivity index (χ1n) is 17.5. The molecule has 0 radical (unpaired) electrons. The molecule has 7 unspecified atom stereocenters. The highest BCUT2D eigenvalue weighted by atomic mass is 79.9. The van der Waals surface area contributed by atoms with E-state index in [2.05, 4.69) is 47.5 Å². The van der Waals surface area contributed by atoms with E-state index in [-0.39, 0.29) is 40.5 Å². The van der Waals surface area contributed by atoms with Crippen molar-refractivity contribution in [1.29, 1.82) is 0 Å². The Morgan fingerprint density at radius 1 is 1.14 bits per heavy atom. The summed E-state index contributed by atoms with van der Waals surface area (Å²) >= 11 is 3.41. The van der Waals surface area contributed by atoms with E-state index in [0.29, 0.717) is 38.7 Å². The Labute approximate surface area is 300 Å². The number of nitrogens with zero attached hydrogens (tertiary/aromatic N) is 2. The van der Waals surface area contributed by atoms with Crippen LogP contribution in [0.25, 0.3) is 12.3 Å². The maximum absolute atomic E-state index is 17.9. The van der Waals surface area contributed by atoms with Crippen LogP contribution >= 0.6 is 15.9 Å². The highest BCUT2D eigenvalue weighted by Gasteiger charge is 2.73. The Morgan fingerprint density at radius 2 is 1.80 bits per heavy atom. The summed E-state index contributed by atoms with van der Waals surface area (Å²) < 4.78 is 30.7. The number of halogens is 2. The van der Waals surface area contributed by atoms with Gasteiger partial charge in [0.2, 0.25) is 0 Å². The third-order valence-corrected chi connectivity index (χ3v) is 12.3. The number of hydrogen-bond donors (Lipinski definition) is 1. The first-order chi connectivity index (χ1) is 23.0. The van der Waals surface area contributed by atoms with E-state index in [4.69, 9.17) is 14.6 Å². The predicted octanol–water partition coefficient (Wildman–Crippen LogP) is 8.43. The molecule has 4 aliphatic rings. The standard InChI is InChI=1S/C33H44BrFN2O3.C4H8O2.C2H4O/c1-7-29(39)40-20-32(6)21(2)15-26-25-13-12-24-16-27-23(19-37(36-27)14-10-8-9-11-22(3)34)17-30(24,4)33(25,35)28(38)18-31(26,32)5;1-3-4(5)6-2;1-2-3/h8-11,14,16,19,21,25-26,28,38H,7,12-13,15,17-18,20H2,1-6H3;3H2,1-2H3;2H,1H3/b9-8-,14-10+,22-11+;;/t21?,25?,26?,28?,30?,31?,32-,33?;;/m1../s1. The van der Waals surface area contributed by atoms with Crippen molar-refractivity contribution >= 4 is 46.4 Å². The number of allylic oxidation sites excluding steroid dienone is 6. The Hall–Kier alpha value is -2.85. The molecule has 0 spiro atoms. The normalized spacial score (nSPS) is 34.6. The average Bonchev–Trinajstić information content (AvgIpc) is 3.53. The van der Waals surface area contributed by atoms with Gasteiger partial charge >= 0.3 is 11.9 Å². The van der Waals surface area contributed by atoms with Crippen LogP contribution in [0, 0.1) is 34.0 Å². The van der Waals surface area contributed by atoms with Gasteiger partial charge in [0.05, 0.1) is 25.5 Å². The first kappa shape index (κ1) is 40.6. The molecule has 4 aliphatic carbocycles. The van der Waals surface area contributed by atoms with Gasteiger partial charge in [-0.05, 0) is 85.4 Å². The minimum Gasteiger partial charge on any atom is -0.469 e. The van der Waals surface area contributed by atoms with Gasteiger partial charge in [0.25, 0.3) is 0 Å². The van der Waals surface area contributed by atoms with E-state index in [1.54, 1.807) is 18.5 Å². The quantitative estimate of drug-likeness (QED) is 0.170. The van der Waals surface area contributed by atoms with Gasteiger partial charge in [0.1, 0.15) is 12.0 Å². The van der Waals surface area contributed by atoms with Crippen LogP contribution < -0.4 is 0 Å². The van der Waals surface area contributed by atoms with Crippen molar-refractivity contribution in [2.75, 3.05) is 13.7 Å². The molecule has 5 rings (SSSR count). The fourth-order valence-corrected chi connectivity index (χ4v) is 9.12. The smallest absolute Gasteiger partial charge is 0.305 e. The van der Waals surface area contributed by atoms with E-state index < -0.39 is 17.2 Å². The molecule has 0 bridgehead atoms. The molecule has 3 fully saturated rings. The lowest BCUT2D eigenvalue weighted by Crippen LogP contribution is -2.68. The number of carbonyl (C=O) groups is 3. The van der Waals surface area contributed by atoms with Crippen molar-refractivity contribution in [1.82, 2.24) is 9.78 Å². The molecule has 272 valence electrons. The van der Waals surface area contributed by atoms with Gasteiger partial charge in [0.15, 0.2) is 0 Å². The van der Waals surface area contributed by atoms with Crippen LogP contribution in [0.3, 0.4) is 0 Å². The van der Waals surface area contributed by atoms with Crippen molar-refractivity contribution in [3.05, 3.63) is 51.8 Å². The summed E-state index contributed by atoms with van der Waals surface area (Å²) in [6.07, 6.45) is 17.6. The molecule has 1 aromatic heterocycles. The Bertz CT molecular complexity index is 1470. The maximum atomic E-state index is 17.9. The monoisotopic (exact) mass is 746 g/mol. The summed E-state index contributed by atoms with van der Waals surface area (Å²) in [5, 5.41) is 16.6. The molecule has 0 aromatic carbocycles. The van der Waals surface area contributed by atoms with Crippen molar-refractivity contribution < 1.29 is 33.4 Å². The van der Waals surface area contributed by atoms with E-state index in [1.807, 2.05) is 50.5 Å². The summed E-state index contributed by atoms with van der Waals surface area (Å²) in [4.78, 5) is 30.8. The second-order valence-electron chi connectivity index (χ2n) is 14.6. The molecule has 1 heterocycles. The number of alkyl halides is 1. The molecule has 1 N–H and O–H groups in total. The lowest BCUT2D eigenvalue weighted by Gasteiger charge is -2.64. The average molecular weight is 748 g/mol. The largest absolute Gasteiger partial charge is 0.469 e. The SMILES string of the molecule is CC=O.CCC(=O)OC.CCC(=O)OC[C@]1(C)C(C)CC2C3CCC4=Cc5nn(/C=C/C=C\C=C(/C)Br)cc5CC4(C)C3(F)C(O)CC21C. The highest BCUT2D eigenvalue weighted by molar-refractivity contribution is 9.11. The lowest BCUT2D eigenvalue weighted by molar-refractivity contribution is -0.218. The number of carbonyl (C=O) groups excluding carboxylic acids is 3. The van der Waals surface area contributed by atoms with Crippen molar-refractivity contribution in [3.8, 4) is 0 Å². The van der Waals surface area contributed by atoms with Gasteiger partial charge in [-0.1, -0.05) is 81.3 Å². The van der Waals surface area contributed by atoms with Crippen LogP contribution in [0.5, 0.6) is 0 Å². The maximum Gasteiger partial charge on any atom is 0.305 e. The van der Waals surface area contributed by atoms with Crippen LogP contribution in [0.2, 0.25) is 0 Å². The number of aromatic nitrogens is 2. The number of rotatable bonds is 7. The van der Waals surface area contributed by atoms with Crippen LogP contribution in [0.4, 0.5) is 4.39 Å². The third-order valence-electron chi connectivity index (χ3n) is 12.0. The fourth-order valence-electron chi connectivity index (χ4n) is 8.97. The Kier molecular flexibility index (Phi) is 13.6. The van der Waals surface area contributed by atoms with Gasteiger partial charge in [-0.2, -0.15) is 5.10 Å². The van der Waals surface area contributed by atoms with Gasteiger partial charge in [-0.25, -0.2) is 9.07 Å². The van der Waals surface area contributed by atoms with Crippen LogP contribution in [0.15, 0.2) is 40.6 Å². The number of methoxy groups -OCH3 is 1. The number of aldehydes is 1. The lowest BCUT2D eigenvalue weighted by atomic mass is 9.43. The molecule has 0 aliphatic heterocycles. The van der Waals surface area contributed by atoms with E-state index >= 15 is 4.39 Å². The number of aliphatic hydroxyl groups excluding tert-OH is 1. The number of aliphatic hydroxyl groups is 1. The molecule has 3 saturated carbocycles. The molecule has 49 heavy (non-hydrogen) atoms. The summed E-state index contributed by atoms with van der Waals surface area (Å²) in [7, 11) is 1.38. The number of hydrogen-bond acceptors (Lipinski definition) is 7.